The number of hydrogen-bond donors (Lipinski definition) is 1. The topological polar surface area (TPSA) is 15.3 Å². The van der Waals surface area contributed by atoms with Crippen LogP contribution in [0.5, 0.6) is 0 Å². The number of fused-ring (bicyclic) bond motifs is 1. The number of nitrogens with zero attached hydrogens (tertiary/aromatic N) is 1. The molecule has 1 saturated heterocycles. The van der Waals surface area contributed by atoms with Crippen LogP contribution in [0.3, 0.4) is 0 Å². The van der Waals surface area contributed by atoms with Gasteiger partial charge in [0.15, 0.2) is 0 Å². The maximum absolute atomic E-state index is 3.46. The minimum atomic E-state index is 0.774. The Morgan fingerprint density at radius 2 is 1.39 bits per heavy atom. The molecule has 0 spiro atoms. The van der Waals surface area contributed by atoms with Crippen LogP contribution in [0.15, 0.2) is 66.7 Å². The van der Waals surface area contributed by atoms with E-state index in [2.05, 4.69) is 97.7 Å². The van der Waals surface area contributed by atoms with Gasteiger partial charge in [-0.2, -0.15) is 0 Å². The molecule has 240 valence electrons. The van der Waals surface area contributed by atoms with E-state index in [0.29, 0.717) is 0 Å². The normalized spacial score (nSPS) is 15.0. The van der Waals surface area contributed by atoms with E-state index in [4.69, 9.17) is 0 Å². The molecule has 3 aromatic carbocycles. The number of aryl methyl sites for hydroxylation is 5. The van der Waals surface area contributed by atoms with Crippen LogP contribution in [0.4, 0.5) is 5.69 Å². The molecule has 0 atom stereocenters. The third kappa shape index (κ3) is 11.1. The molecule has 2 aliphatic heterocycles. The standard InChI is InChI=1S/C25H35N.C17H27N/c1-2-22-10-7-8-12-23(22)11-6-4-3-5-9-21-13-15-24(16-14-21)25-17-19-26-20-18-25;1-3-5-6-7-12-18-13-8-9-16-11-10-15(4-2)14-17(16)18/h7-8,10,12-16,25-26H,2-6,9,11,17-20H2,1H3;10-11,14H,3-9,12-13H2,1-2H3. The minimum Gasteiger partial charge on any atom is -0.371 e. The summed E-state index contributed by atoms with van der Waals surface area (Å²) in [5, 5.41) is 3.46. The lowest BCUT2D eigenvalue weighted by Crippen LogP contribution is -2.30. The van der Waals surface area contributed by atoms with Crippen molar-refractivity contribution in [2.24, 2.45) is 0 Å². The van der Waals surface area contributed by atoms with E-state index >= 15 is 0 Å². The van der Waals surface area contributed by atoms with Crippen molar-refractivity contribution in [3.05, 3.63) is 100 Å². The van der Waals surface area contributed by atoms with E-state index in [1.54, 1.807) is 16.7 Å². The second-order valence-corrected chi connectivity index (χ2v) is 13.3. The van der Waals surface area contributed by atoms with Gasteiger partial charge in [-0.15, -0.1) is 0 Å². The molecule has 2 heteroatoms. The Labute approximate surface area is 271 Å². The Morgan fingerprint density at radius 1 is 0.682 bits per heavy atom. The first-order valence-electron chi connectivity index (χ1n) is 18.4. The Hall–Kier alpha value is -2.58. The second kappa shape index (κ2) is 19.7. The Balaban J connectivity index is 0.000000215. The fourth-order valence-electron chi connectivity index (χ4n) is 7.13. The van der Waals surface area contributed by atoms with Gasteiger partial charge in [0.2, 0.25) is 0 Å². The number of piperidine rings is 1. The van der Waals surface area contributed by atoms with Gasteiger partial charge in [-0.3, -0.25) is 0 Å². The van der Waals surface area contributed by atoms with Crippen LogP contribution < -0.4 is 10.2 Å². The first-order chi connectivity index (χ1) is 21.7. The zero-order valence-electron chi connectivity index (χ0n) is 28.5. The fraction of sp³-hybridized carbons (Fsp3) is 0.571. The summed E-state index contributed by atoms with van der Waals surface area (Å²) in [6, 6.07) is 25.5. The van der Waals surface area contributed by atoms with Gasteiger partial charge in [0, 0.05) is 18.8 Å². The molecule has 1 N–H and O–H groups in total. The smallest absolute Gasteiger partial charge is 0.0401 e. The van der Waals surface area contributed by atoms with Crippen LogP contribution in [0.25, 0.3) is 0 Å². The predicted molar refractivity (Wildman–Crippen MR) is 193 cm³/mol. The van der Waals surface area contributed by atoms with Crippen LogP contribution in [0, 0.1) is 0 Å². The van der Waals surface area contributed by atoms with Crippen molar-refractivity contribution >= 4 is 5.69 Å². The lowest BCUT2D eigenvalue weighted by molar-refractivity contribution is 0.460. The summed E-state index contributed by atoms with van der Waals surface area (Å²) < 4.78 is 0. The van der Waals surface area contributed by atoms with Crippen molar-refractivity contribution in [3.8, 4) is 0 Å². The monoisotopic (exact) mass is 594 g/mol. The molecule has 0 bridgehead atoms. The summed E-state index contributed by atoms with van der Waals surface area (Å²) in [6.07, 6.45) is 20.8. The number of benzene rings is 3. The molecule has 2 nitrogen and oxygen atoms in total. The lowest BCUT2D eigenvalue weighted by Gasteiger charge is -2.32. The van der Waals surface area contributed by atoms with E-state index < -0.39 is 0 Å². The second-order valence-electron chi connectivity index (χ2n) is 13.3. The zero-order valence-corrected chi connectivity index (χ0v) is 28.5. The van der Waals surface area contributed by atoms with Gasteiger partial charge in [0.05, 0.1) is 0 Å². The van der Waals surface area contributed by atoms with E-state index in [1.165, 1.54) is 138 Å². The maximum atomic E-state index is 3.46. The van der Waals surface area contributed by atoms with Gasteiger partial charge in [-0.1, -0.05) is 114 Å². The highest BCUT2D eigenvalue weighted by Crippen LogP contribution is 2.29. The van der Waals surface area contributed by atoms with Gasteiger partial charge in [-0.25, -0.2) is 0 Å². The number of hydrogen-bond acceptors (Lipinski definition) is 2. The third-order valence-corrected chi connectivity index (χ3v) is 10.0. The molecular formula is C42H62N2. The molecule has 0 aromatic heterocycles. The number of nitrogens with one attached hydrogen (secondary N) is 1. The van der Waals surface area contributed by atoms with Gasteiger partial charge in [0.1, 0.15) is 0 Å². The Kier molecular flexibility index (Phi) is 15.4. The van der Waals surface area contributed by atoms with Crippen LogP contribution in [0.2, 0.25) is 0 Å². The minimum absolute atomic E-state index is 0.774. The third-order valence-electron chi connectivity index (χ3n) is 10.0. The van der Waals surface area contributed by atoms with Crippen LogP contribution in [-0.4, -0.2) is 26.2 Å². The largest absolute Gasteiger partial charge is 0.371 e. The van der Waals surface area contributed by atoms with Crippen molar-refractivity contribution in [1.82, 2.24) is 5.32 Å². The maximum Gasteiger partial charge on any atom is 0.0401 e. The number of unbranched alkanes of at least 4 members (excludes halogenated alkanes) is 6. The van der Waals surface area contributed by atoms with Crippen LogP contribution in [0.1, 0.15) is 131 Å². The molecule has 0 radical (unpaired) electrons. The molecule has 3 aromatic rings. The van der Waals surface area contributed by atoms with Gasteiger partial charge in [-0.05, 0) is 129 Å². The van der Waals surface area contributed by atoms with E-state index in [0.717, 1.165) is 18.8 Å². The summed E-state index contributed by atoms with van der Waals surface area (Å²) in [5.41, 5.74) is 10.7. The summed E-state index contributed by atoms with van der Waals surface area (Å²) in [6.45, 7) is 11.6. The molecule has 44 heavy (non-hydrogen) atoms. The summed E-state index contributed by atoms with van der Waals surface area (Å²) >= 11 is 0. The molecule has 5 rings (SSSR count). The summed E-state index contributed by atoms with van der Waals surface area (Å²) in [4.78, 5) is 2.62. The van der Waals surface area contributed by atoms with Crippen molar-refractivity contribution in [2.75, 3.05) is 31.1 Å². The van der Waals surface area contributed by atoms with Crippen molar-refractivity contribution < 1.29 is 0 Å². The van der Waals surface area contributed by atoms with Crippen molar-refractivity contribution in [3.63, 3.8) is 0 Å². The first-order valence-corrected chi connectivity index (χ1v) is 18.4. The van der Waals surface area contributed by atoms with Crippen LogP contribution in [-0.2, 0) is 32.1 Å². The summed E-state index contributed by atoms with van der Waals surface area (Å²) in [5.74, 6) is 0.774. The quantitative estimate of drug-likeness (QED) is 0.176. The van der Waals surface area contributed by atoms with Gasteiger partial charge < -0.3 is 10.2 Å². The molecule has 2 heterocycles. The highest BCUT2D eigenvalue weighted by atomic mass is 15.1. The Bertz CT molecular complexity index is 1190. The molecule has 1 fully saturated rings. The molecule has 0 aliphatic carbocycles. The molecule has 0 saturated carbocycles. The van der Waals surface area contributed by atoms with Gasteiger partial charge in [0.25, 0.3) is 0 Å². The molecular weight excluding hydrogens is 532 g/mol. The van der Waals surface area contributed by atoms with Crippen molar-refractivity contribution in [1.29, 1.82) is 0 Å². The highest BCUT2D eigenvalue weighted by molar-refractivity contribution is 5.57. The average molecular weight is 595 g/mol. The van der Waals surface area contributed by atoms with E-state index in [9.17, 15) is 0 Å². The first kappa shape index (κ1) is 34.3. The SMILES string of the molecule is CCCCCCN1CCCc2ccc(CC)cc21.CCc1ccccc1CCCCCCc1ccc(C2CCNCC2)cc1. The fourth-order valence-corrected chi connectivity index (χ4v) is 7.13. The zero-order chi connectivity index (χ0) is 30.8. The van der Waals surface area contributed by atoms with E-state index in [-0.39, 0.29) is 0 Å². The predicted octanol–water partition coefficient (Wildman–Crippen LogP) is 10.6. The number of anilines is 1. The Morgan fingerprint density at radius 3 is 2.11 bits per heavy atom. The van der Waals surface area contributed by atoms with Gasteiger partial charge >= 0.3 is 0 Å². The molecule has 0 unspecified atom stereocenters. The van der Waals surface area contributed by atoms with Crippen molar-refractivity contribution in [2.45, 2.75) is 129 Å². The molecule has 0 amide bonds. The lowest BCUT2D eigenvalue weighted by atomic mass is 9.89. The highest BCUT2D eigenvalue weighted by Gasteiger charge is 2.17. The summed E-state index contributed by atoms with van der Waals surface area (Å²) in [7, 11) is 0. The average Bonchev–Trinajstić information content (AvgIpc) is 3.09. The number of rotatable bonds is 15. The van der Waals surface area contributed by atoms with Crippen LogP contribution >= 0.6 is 0 Å². The van der Waals surface area contributed by atoms with E-state index in [1.807, 2.05) is 0 Å². The molecule has 2 aliphatic rings.